The van der Waals surface area contributed by atoms with Crippen molar-refractivity contribution in [2.75, 3.05) is 26.6 Å². The summed E-state index contributed by atoms with van der Waals surface area (Å²) in [5.74, 6) is 2.68. The summed E-state index contributed by atoms with van der Waals surface area (Å²) in [4.78, 5) is 14.6. The molecule has 2 heterocycles. The van der Waals surface area contributed by atoms with E-state index in [0.717, 1.165) is 16.0 Å². The van der Waals surface area contributed by atoms with Crippen LogP contribution in [0.4, 0.5) is 11.5 Å². The summed E-state index contributed by atoms with van der Waals surface area (Å²) in [6, 6.07) is 11.2. The fourth-order valence-electron chi connectivity index (χ4n) is 3.13. The van der Waals surface area contributed by atoms with Crippen molar-refractivity contribution < 1.29 is 14.2 Å². The minimum Gasteiger partial charge on any atom is -0.493 e. The molecular formula is C22H21N5O3S. The monoisotopic (exact) mass is 435 g/mol. The molecule has 9 heteroatoms. The Morgan fingerprint density at radius 1 is 1.03 bits per heavy atom. The van der Waals surface area contributed by atoms with Crippen molar-refractivity contribution in [3.05, 3.63) is 54.1 Å². The predicted molar refractivity (Wildman–Crippen MR) is 123 cm³/mol. The fraction of sp³-hybridized carbons (Fsp3) is 0.136. The van der Waals surface area contributed by atoms with Gasteiger partial charge >= 0.3 is 0 Å². The lowest BCUT2D eigenvalue weighted by molar-refractivity contribution is 0.324. The molecule has 31 heavy (non-hydrogen) atoms. The minimum atomic E-state index is 0.483. The maximum atomic E-state index is 5.86. The lowest BCUT2D eigenvalue weighted by Crippen LogP contribution is -2.01. The maximum absolute atomic E-state index is 5.86. The molecule has 0 bridgehead atoms. The number of rotatable bonds is 7. The average molecular weight is 436 g/mol. The number of hydrogen-bond acceptors (Lipinski definition) is 9. The van der Waals surface area contributed by atoms with Crippen molar-refractivity contribution in [2.24, 2.45) is 5.73 Å². The van der Waals surface area contributed by atoms with E-state index in [1.807, 2.05) is 24.3 Å². The Bertz CT molecular complexity index is 1250. The first-order chi connectivity index (χ1) is 15.0. The summed E-state index contributed by atoms with van der Waals surface area (Å²) < 4.78 is 16.3. The van der Waals surface area contributed by atoms with Crippen molar-refractivity contribution in [2.45, 2.75) is 0 Å². The van der Waals surface area contributed by atoms with Crippen LogP contribution < -0.4 is 25.3 Å². The zero-order chi connectivity index (χ0) is 22.0. The molecule has 0 unspecified atom stereocenters. The Labute approximate surface area is 183 Å². The normalized spacial score (nSPS) is 10.7. The van der Waals surface area contributed by atoms with E-state index in [-0.39, 0.29) is 0 Å². The van der Waals surface area contributed by atoms with Crippen molar-refractivity contribution in [3.63, 3.8) is 0 Å². The Morgan fingerprint density at radius 3 is 2.42 bits per heavy atom. The van der Waals surface area contributed by atoms with Crippen LogP contribution in [0.25, 0.3) is 27.4 Å². The number of nitrogens with two attached hydrogens (primary N) is 1. The van der Waals surface area contributed by atoms with Crippen LogP contribution in [-0.2, 0) is 0 Å². The summed E-state index contributed by atoms with van der Waals surface area (Å²) in [5.41, 5.74) is 11.1. The maximum Gasteiger partial charge on any atom is 0.203 e. The summed E-state index contributed by atoms with van der Waals surface area (Å²) >= 11 is 1.44. The number of fused-ring (bicyclic) bond motifs is 1. The number of ether oxygens (including phenoxy) is 3. The summed E-state index contributed by atoms with van der Waals surface area (Å²) in [6.45, 7) is 3.80. The van der Waals surface area contributed by atoms with Gasteiger partial charge in [-0.2, -0.15) is 0 Å². The van der Waals surface area contributed by atoms with Crippen LogP contribution in [0.5, 0.6) is 17.2 Å². The van der Waals surface area contributed by atoms with Gasteiger partial charge in [-0.3, -0.25) is 0 Å². The van der Waals surface area contributed by atoms with E-state index in [4.69, 9.17) is 24.9 Å². The van der Waals surface area contributed by atoms with E-state index in [9.17, 15) is 0 Å². The number of aromatic nitrogens is 3. The molecule has 3 N–H and O–H groups in total. The molecule has 2 aromatic heterocycles. The van der Waals surface area contributed by atoms with Gasteiger partial charge in [0.1, 0.15) is 10.3 Å². The summed E-state index contributed by atoms with van der Waals surface area (Å²) in [6.07, 6.45) is 0. The second-order valence-electron chi connectivity index (χ2n) is 6.55. The molecule has 8 nitrogen and oxygen atoms in total. The topological polar surface area (TPSA) is 104 Å². The van der Waals surface area contributed by atoms with E-state index >= 15 is 0 Å². The second-order valence-corrected chi connectivity index (χ2v) is 7.38. The van der Waals surface area contributed by atoms with Gasteiger partial charge in [0.15, 0.2) is 23.1 Å². The van der Waals surface area contributed by atoms with Crippen LogP contribution >= 0.6 is 11.3 Å². The molecule has 158 valence electrons. The summed E-state index contributed by atoms with van der Waals surface area (Å²) in [7, 11) is 4.70. The highest BCUT2D eigenvalue weighted by atomic mass is 32.1. The van der Waals surface area contributed by atoms with Gasteiger partial charge in [-0.1, -0.05) is 24.8 Å². The molecular weight excluding hydrogens is 414 g/mol. The van der Waals surface area contributed by atoms with Gasteiger partial charge in [-0.25, -0.2) is 15.0 Å². The first kappa shape index (κ1) is 20.4. The third-order valence-corrected chi connectivity index (χ3v) is 5.34. The van der Waals surface area contributed by atoms with Gasteiger partial charge in [0.05, 0.1) is 26.8 Å². The van der Waals surface area contributed by atoms with E-state index in [1.54, 1.807) is 39.0 Å². The highest BCUT2D eigenvalue weighted by Gasteiger charge is 2.16. The van der Waals surface area contributed by atoms with Gasteiger partial charge in [-0.05, 0) is 11.6 Å². The lowest BCUT2D eigenvalue weighted by Gasteiger charge is -2.15. The molecule has 2 aromatic carbocycles. The average Bonchev–Trinajstić information content (AvgIpc) is 3.27. The molecule has 0 atom stereocenters. The van der Waals surface area contributed by atoms with E-state index in [1.165, 1.54) is 11.3 Å². The van der Waals surface area contributed by atoms with E-state index in [0.29, 0.717) is 45.8 Å². The van der Waals surface area contributed by atoms with E-state index in [2.05, 4.69) is 21.9 Å². The van der Waals surface area contributed by atoms with Gasteiger partial charge in [0, 0.05) is 29.1 Å². The van der Waals surface area contributed by atoms with Crippen LogP contribution in [-0.4, -0.2) is 36.3 Å². The van der Waals surface area contributed by atoms with Crippen LogP contribution in [0.1, 0.15) is 5.56 Å². The van der Waals surface area contributed by atoms with Gasteiger partial charge in [0.2, 0.25) is 5.75 Å². The molecule has 0 saturated heterocycles. The molecule has 0 aliphatic carbocycles. The molecule has 4 rings (SSSR count). The highest BCUT2D eigenvalue weighted by molar-refractivity contribution is 7.16. The van der Waals surface area contributed by atoms with Crippen molar-refractivity contribution >= 4 is 38.9 Å². The largest absolute Gasteiger partial charge is 0.493 e. The van der Waals surface area contributed by atoms with Crippen LogP contribution in [0.15, 0.2) is 48.5 Å². The minimum absolute atomic E-state index is 0.483. The quantitative estimate of drug-likeness (QED) is 0.439. The zero-order valence-corrected chi connectivity index (χ0v) is 18.1. The van der Waals surface area contributed by atoms with Gasteiger partial charge in [-0.15, -0.1) is 11.3 Å². The Balaban J connectivity index is 1.81. The first-order valence-electron chi connectivity index (χ1n) is 9.27. The van der Waals surface area contributed by atoms with Crippen molar-refractivity contribution in [1.82, 2.24) is 15.0 Å². The molecule has 0 aliphatic rings. The smallest absolute Gasteiger partial charge is 0.203 e. The molecule has 0 fully saturated rings. The Hall–Kier alpha value is -3.85. The number of nitrogens with one attached hydrogen (secondary N) is 1. The number of benzene rings is 2. The third kappa shape index (κ3) is 3.95. The van der Waals surface area contributed by atoms with E-state index < -0.39 is 0 Å². The lowest BCUT2D eigenvalue weighted by atomic mass is 10.1. The number of nitrogens with zero attached hydrogens (tertiary/aromatic N) is 3. The second kappa shape index (κ2) is 8.49. The highest BCUT2D eigenvalue weighted by Crippen LogP contribution is 2.41. The number of anilines is 2. The molecule has 0 spiro atoms. The number of thiazole rings is 1. The first-order valence-corrected chi connectivity index (χ1v) is 10.2. The molecule has 0 radical (unpaired) electrons. The predicted octanol–water partition coefficient (Wildman–Crippen LogP) is 4.45. The fourth-order valence-corrected chi connectivity index (χ4v) is 3.78. The third-order valence-electron chi connectivity index (χ3n) is 4.62. The zero-order valence-electron chi connectivity index (χ0n) is 17.3. The van der Waals surface area contributed by atoms with Gasteiger partial charge < -0.3 is 25.3 Å². The molecule has 4 aromatic rings. The molecule has 0 amide bonds. The van der Waals surface area contributed by atoms with Crippen LogP contribution in [0, 0.1) is 0 Å². The molecule has 0 saturated carbocycles. The van der Waals surface area contributed by atoms with Gasteiger partial charge in [0.25, 0.3) is 0 Å². The van der Waals surface area contributed by atoms with Crippen molar-refractivity contribution in [3.8, 4) is 28.6 Å². The Morgan fingerprint density at radius 2 is 1.77 bits per heavy atom. The SMILES string of the molecule is C=C(N)c1cccc(-c2nc(Nc3cc(OC)c(OC)c(OC)c3)c3ncsc3n2)c1. The number of methoxy groups -OCH3 is 3. The standard InChI is InChI=1S/C22H21N5O3S/c1-12(23)13-6-5-7-14(8-13)20-26-21(18-22(27-20)31-11-24-18)25-15-9-16(28-2)19(30-4)17(10-15)29-3/h5-11H,1,23H2,2-4H3,(H,25,26,27). The summed E-state index contributed by atoms with van der Waals surface area (Å²) in [5, 5.41) is 3.32. The number of hydrogen-bond donors (Lipinski definition) is 2. The van der Waals surface area contributed by atoms with Crippen molar-refractivity contribution in [1.29, 1.82) is 0 Å². The molecule has 0 aliphatic heterocycles. The Kier molecular flexibility index (Phi) is 5.59. The van der Waals surface area contributed by atoms with Crippen LogP contribution in [0.2, 0.25) is 0 Å². The van der Waals surface area contributed by atoms with Crippen LogP contribution in [0.3, 0.4) is 0 Å².